The molecule has 18 nitrogen and oxygen atoms in total. The topological polar surface area (TPSA) is 212 Å². The number of aromatic nitrogens is 4. The summed E-state index contributed by atoms with van der Waals surface area (Å²) in [5.41, 5.74) is 5.74. The monoisotopic (exact) mass is 892 g/mol. The van der Waals surface area contributed by atoms with Crippen molar-refractivity contribution in [2.45, 2.75) is 71.7 Å². The summed E-state index contributed by atoms with van der Waals surface area (Å²) in [5, 5.41) is 16.1. The first-order valence-electron chi connectivity index (χ1n) is 22.1. The van der Waals surface area contributed by atoms with E-state index in [4.69, 9.17) is 0 Å². The van der Waals surface area contributed by atoms with Crippen molar-refractivity contribution in [2.24, 2.45) is 12.5 Å². The highest BCUT2D eigenvalue weighted by atomic mass is 16.3. The molecule has 5 aliphatic rings. The number of piperidine rings is 1. The van der Waals surface area contributed by atoms with E-state index in [0.29, 0.717) is 66.7 Å². The molecule has 10 rings (SSSR count). The highest BCUT2D eigenvalue weighted by Crippen LogP contribution is 2.40. The average Bonchev–Trinajstić information content (AvgIpc) is 3.89. The van der Waals surface area contributed by atoms with E-state index in [1.54, 1.807) is 59.7 Å². The summed E-state index contributed by atoms with van der Waals surface area (Å²) in [6.07, 6.45) is 6.81. The van der Waals surface area contributed by atoms with Gasteiger partial charge in [0.15, 0.2) is 0 Å². The van der Waals surface area contributed by atoms with E-state index in [1.165, 1.54) is 28.0 Å². The third-order valence-electron chi connectivity index (χ3n) is 13.5. The van der Waals surface area contributed by atoms with E-state index in [0.717, 1.165) is 23.4 Å². The number of hydrogen-bond donors (Lipinski definition) is 3. The molecule has 1 aliphatic carbocycles. The van der Waals surface area contributed by atoms with Crippen LogP contribution in [0.15, 0.2) is 71.9 Å². The number of hydrogen-bond acceptors (Lipinski definition) is 12. The van der Waals surface area contributed by atoms with Crippen molar-refractivity contribution >= 4 is 58.5 Å². The van der Waals surface area contributed by atoms with E-state index < -0.39 is 35.6 Å². The second-order valence-electron chi connectivity index (χ2n) is 18.5. The summed E-state index contributed by atoms with van der Waals surface area (Å²) in [6.45, 7) is 8.13. The molecule has 2 atom stereocenters. The molecule has 2 saturated heterocycles. The van der Waals surface area contributed by atoms with Crippen LogP contribution < -0.4 is 26.0 Å². The highest BCUT2D eigenvalue weighted by Gasteiger charge is 2.47. The quantitative estimate of drug-likeness (QED) is 0.191. The molecular formula is C48H48N10O8. The van der Waals surface area contributed by atoms with Crippen molar-refractivity contribution in [3.63, 3.8) is 0 Å². The minimum Gasteiger partial charge on any atom is -0.392 e. The Labute approximate surface area is 378 Å². The number of anilines is 4. The summed E-state index contributed by atoms with van der Waals surface area (Å²) in [7, 11) is 1.64. The molecule has 1 aromatic carbocycles. The number of aliphatic hydroxyl groups is 1. The lowest BCUT2D eigenvalue weighted by atomic mass is 9.90. The summed E-state index contributed by atoms with van der Waals surface area (Å²) >= 11 is 0. The molecule has 0 bridgehead atoms. The van der Waals surface area contributed by atoms with Crippen LogP contribution in [0.1, 0.15) is 92.0 Å². The number of benzene rings is 1. The second kappa shape index (κ2) is 15.9. The van der Waals surface area contributed by atoms with Gasteiger partial charge in [0.2, 0.25) is 11.8 Å². The summed E-state index contributed by atoms with van der Waals surface area (Å²) < 4.78 is 3.58. The summed E-state index contributed by atoms with van der Waals surface area (Å²) in [4.78, 5) is 108. The number of aryl methyl sites for hydroxylation is 1. The molecule has 18 heteroatoms. The van der Waals surface area contributed by atoms with Crippen molar-refractivity contribution in [2.75, 3.05) is 41.3 Å². The van der Waals surface area contributed by atoms with Gasteiger partial charge in [0.1, 0.15) is 29.1 Å². The SMILES string of the molecule is CC1CN(C(=O)c2cccc3c2C(=O)N(C2CCC(=O)NC2=O)C3=O)CCN1c1ccc(Nc2cc(-c3ccnc(N4CCn5c(cc6c5CC(C)(C)C6)C4=O)c3CO)cn(C)c2=O)nc1. The summed E-state index contributed by atoms with van der Waals surface area (Å²) in [6, 6.07) is 12.3. The Morgan fingerprint density at radius 1 is 0.924 bits per heavy atom. The van der Waals surface area contributed by atoms with Crippen molar-refractivity contribution in [1.82, 2.24) is 34.2 Å². The Bertz CT molecular complexity index is 2990. The Hall–Kier alpha value is -7.47. The lowest BCUT2D eigenvalue weighted by Crippen LogP contribution is -2.54. The van der Waals surface area contributed by atoms with Gasteiger partial charge in [0.25, 0.3) is 29.2 Å². The standard InChI is InChI=1S/C48H48N10O8/c1-26-23-54(43(62)31-6-5-7-32-40(31)47(66)58(44(32)63)35-9-11-39(60)52-42(35)61)14-15-55(26)29-8-10-38(50-22-29)51-34-18-28(24-53(4)45(34)64)30-12-13-49-41(33(30)25-59)57-17-16-56-36(46(57)65)19-27-20-48(2,3)21-37(27)56/h5-8,10,12-13,18-19,22,24,26,35,59H,9,11,14-17,20-21,23,25H2,1-4H3,(H,50,51)(H,52,60,61). The molecule has 8 heterocycles. The average molecular weight is 893 g/mol. The third kappa shape index (κ3) is 7.02. The van der Waals surface area contributed by atoms with Crippen molar-refractivity contribution in [3.05, 3.63) is 117 Å². The first-order valence-corrected chi connectivity index (χ1v) is 22.1. The number of aliphatic hydroxyl groups excluding tert-OH is 1. The molecule has 4 aliphatic heterocycles. The first kappa shape index (κ1) is 42.5. The molecule has 0 radical (unpaired) electrons. The number of carbonyl (C=O) groups is 6. The number of imide groups is 2. The van der Waals surface area contributed by atoms with Crippen LogP contribution in [0.4, 0.5) is 23.0 Å². The van der Waals surface area contributed by atoms with Crippen LogP contribution in [0.2, 0.25) is 0 Å². The molecule has 338 valence electrons. The van der Waals surface area contributed by atoms with Gasteiger partial charge in [-0.05, 0) is 85.2 Å². The van der Waals surface area contributed by atoms with Gasteiger partial charge in [0.05, 0.1) is 35.2 Å². The van der Waals surface area contributed by atoms with Gasteiger partial charge >= 0.3 is 0 Å². The number of pyridine rings is 3. The number of rotatable bonds is 8. The van der Waals surface area contributed by atoms with E-state index >= 15 is 0 Å². The van der Waals surface area contributed by atoms with E-state index in [2.05, 4.69) is 43.9 Å². The number of nitrogens with zero attached hydrogens (tertiary/aromatic N) is 8. The predicted octanol–water partition coefficient (Wildman–Crippen LogP) is 3.42. The lowest BCUT2D eigenvalue weighted by Gasteiger charge is -2.41. The highest BCUT2D eigenvalue weighted by molar-refractivity contribution is 6.26. The number of piperazine rings is 1. The molecule has 2 fully saturated rings. The van der Waals surface area contributed by atoms with Crippen LogP contribution in [0.3, 0.4) is 0 Å². The zero-order valence-corrected chi connectivity index (χ0v) is 37.0. The normalized spacial score (nSPS) is 20.1. The molecule has 0 spiro atoms. The number of nitrogens with one attached hydrogen (secondary N) is 2. The molecule has 3 N–H and O–H groups in total. The van der Waals surface area contributed by atoms with Gasteiger partial charge < -0.3 is 29.4 Å². The van der Waals surface area contributed by atoms with Gasteiger partial charge in [-0.1, -0.05) is 19.9 Å². The third-order valence-corrected chi connectivity index (χ3v) is 13.5. The lowest BCUT2D eigenvalue weighted by molar-refractivity contribution is -0.136. The smallest absolute Gasteiger partial charge is 0.276 e. The number of fused-ring (bicyclic) bond motifs is 4. The van der Waals surface area contributed by atoms with Crippen molar-refractivity contribution in [1.29, 1.82) is 0 Å². The molecular weight excluding hydrogens is 845 g/mol. The maximum atomic E-state index is 14.0. The van der Waals surface area contributed by atoms with Gasteiger partial charge in [-0.15, -0.1) is 0 Å². The number of amides is 6. The predicted molar refractivity (Wildman–Crippen MR) is 241 cm³/mol. The second-order valence-corrected chi connectivity index (χ2v) is 18.5. The summed E-state index contributed by atoms with van der Waals surface area (Å²) in [5.74, 6) is -2.40. The zero-order valence-electron chi connectivity index (χ0n) is 37.0. The Morgan fingerprint density at radius 3 is 2.48 bits per heavy atom. The van der Waals surface area contributed by atoms with Crippen LogP contribution in [-0.2, 0) is 42.6 Å². The van der Waals surface area contributed by atoms with Gasteiger partial charge in [-0.2, -0.15) is 0 Å². The van der Waals surface area contributed by atoms with Gasteiger partial charge in [-0.25, -0.2) is 9.97 Å². The zero-order chi connectivity index (χ0) is 46.3. The molecule has 66 heavy (non-hydrogen) atoms. The molecule has 5 aromatic rings. The Morgan fingerprint density at radius 2 is 1.74 bits per heavy atom. The fraction of sp³-hybridized carbons (Fsp3) is 0.354. The maximum Gasteiger partial charge on any atom is 0.276 e. The Balaban J connectivity index is 0.829. The molecule has 0 saturated carbocycles. The van der Waals surface area contributed by atoms with E-state index in [1.807, 2.05) is 19.1 Å². The van der Waals surface area contributed by atoms with Crippen LogP contribution in [0.5, 0.6) is 0 Å². The fourth-order valence-corrected chi connectivity index (χ4v) is 10.4. The minimum atomic E-state index is -1.14. The van der Waals surface area contributed by atoms with Crippen LogP contribution in [-0.4, -0.2) is 108 Å². The van der Waals surface area contributed by atoms with Crippen molar-refractivity contribution in [3.8, 4) is 11.1 Å². The Kier molecular flexibility index (Phi) is 10.2. The molecule has 6 amide bonds. The van der Waals surface area contributed by atoms with Gasteiger partial charge in [-0.3, -0.25) is 48.7 Å². The van der Waals surface area contributed by atoms with E-state index in [9.17, 15) is 38.7 Å². The van der Waals surface area contributed by atoms with Gasteiger partial charge in [0, 0.05) is 81.4 Å². The van der Waals surface area contributed by atoms with Crippen LogP contribution in [0.25, 0.3) is 11.1 Å². The largest absolute Gasteiger partial charge is 0.392 e. The fourth-order valence-electron chi connectivity index (χ4n) is 10.4. The van der Waals surface area contributed by atoms with Crippen molar-refractivity contribution < 1.29 is 33.9 Å². The molecule has 2 unspecified atom stereocenters. The number of carbonyl (C=O) groups excluding carboxylic acids is 6. The van der Waals surface area contributed by atoms with Crippen LogP contribution >= 0.6 is 0 Å². The van der Waals surface area contributed by atoms with Crippen LogP contribution in [0, 0.1) is 5.41 Å². The first-order chi connectivity index (χ1) is 31.6. The van der Waals surface area contributed by atoms with E-state index in [-0.39, 0.29) is 64.7 Å². The minimum absolute atomic E-state index is 0.0104. The maximum absolute atomic E-state index is 14.0. The molecule has 4 aromatic heterocycles.